The van der Waals surface area contributed by atoms with E-state index in [1.54, 1.807) is 13.8 Å². The maximum absolute atomic E-state index is 12.4. The zero-order valence-corrected chi connectivity index (χ0v) is 12.5. The van der Waals surface area contributed by atoms with E-state index < -0.39 is 33.3 Å². The summed E-state index contributed by atoms with van der Waals surface area (Å²) in [5, 5.41) is 2.15. The highest BCUT2D eigenvalue weighted by atomic mass is 32.2. The zero-order chi connectivity index (χ0) is 15.6. The molecule has 1 fully saturated rings. The molecule has 0 bridgehead atoms. The molecule has 8 nitrogen and oxygen atoms in total. The van der Waals surface area contributed by atoms with Gasteiger partial charge in [0.15, 0.2) is 0 Å². The van der Waals surface area contributed by atoms with E-state index in [1.165, 1.54) is 0 Å². The molecule has 0 saturated carbocycles. The van der Waals surface area contributed by atoms with E-state index in [-0.39, 0.29) is 25.9 Å². The van der Waals surface area contributed by atoms with Gasteiger partial charge in [0.1, 0.15) is 5.41 Å². The maximum Gasteiger partial charge on any atom is 0.330 e. The number of carbonyl (C=O) groups excluding carboxylic acids is 3. The second-order valence-electron chi connectivity index (χ2n) is 4.67. The first-order valence-corrected chi connectivity index (χ1v) is 8.19. The van der Waals surface area contributed by atoms with Gasteiger partial charge in [-0.25, -0.2) is 17.9 Å². The molecule has 1 heterocycles. The van der Waals surface area contributed by atoms with Gasteiger partial charge in [0.2, 0.25) is 21.8 Å². The van der Waals surface area contributed by atoms with Crippen LogP contribution in [0.15, 0.2) is 0 Å². The van der Waals surface area contributed by atoms with Crippen LogP contribution in [0.25, 0.3) is 0 Å². The van der Waals surface area contributed by atoms with Gasteiger partial charge < -0.3 is 0 Å². The Hall–Kier alpha value is -1.48. The average Bonchev–Trinajstić information content (AvgIpc) is 2.33. The standard InChI is InChI=1S/C11H19N3O5S/c1-4-11(5-2)8(15)13-10(17)14(9(11)16)7-6-12-20(3,18)19/h12H,4-7H2,1-3H3,(H,13,15,17). The van der Waals surface area contributed by atoms with Crippen molar-refractivity contribution in [2.24, 2.45) is 5.41 Å². The van der Waals surface area contributed by atoms with Gasteiger partial charge in [-0.05, 0) is 12.8 Å². The van der Waals surface area contributed by atoms with Crippen molar-refractivity contribution in [3.05, 3.63) is 0 Å². The molecule has 0 aromatic carbocycles. The van der Waals surface area contributed by atoms with Crippen LogP contribution >= 0.6 is 0 Å². The molecule has 0 aliphatic carbocycles. The molecule has 0 unspecified atom stereocenters. The summed E-state index contributed by atoms with van der Waals surface area (Å²) in [6.45, 7) is 3.19. The van der Waals surface area contributed by atoms with Gasteiger partial charge in [-0.2, -0.15) is 0 Å². The van der Waals surface area contributed by atoms with E-state index in [0.29, 0.717) is 0 Å². The highest BCUT2D eigenvalue weighted by molar-refractivity contribution is 7.88. The first-order chi connectivity index (χ1) is 9.18. The van der Waals surface area contributed by atoms with Gasteiger partial charge in [0.05, 0.1) is 6.26 Å². The van der Waals surface area contributed by atoms with E-state index in [0.717, 1.165) is 11.2 Å². The van der Waals surface area contributed by atoms with Crippen molar-refractivity contribution >= 4 is 27.9 Å². The molecule has 0 atom stereocenters. The Bertz CT molecular complexity index is 524. The molecule has 0 aromatic heterocycles. The summed E-state index contributed by atoms with van der Waals surface area (Å²) in [6.07, 6.45) is 1.53. The molecule has 9 heteroatoms. The van der Waals surface area contributed by atoms with Crippen molar-refractivity contribution < 1.29 is 22.8 Å². The second kappa shape index (κ2) is 5.88. The topological polar surface area (TPSA) is 113 Å². The van der Waals surface area contributed by atoms with E-state index >= 15 is 0 Å². The van der Waals surface area contributed by atoms with Crippen LogP contribution in [-0.4, -0.2) is 50.5 Å². The molecular formula is C11H19N3O5S. The molecular weight excluding hydrogens is 286 g/mol. The lowest BCUT2D eigenvalue weighted by Gasteiger charge is -2.38. The third-order valence-corrected chi connectivity index (χ3v) is 4.19. The minimum absolute atomic E-state index is 0.0876. The minimum atomic E-state index is -3.40. The molecule has 1 saturated heterocycles. The largest absolute Gasteiger partial charge is 0.330 e. The monoisotopic (exact) mass is 305 g/mol. The van der Waals surface area contributed by atoms with E-state index in [2.05, 4.69) is 10.0 Å². The van der Waals surface area contributed by atoms with Crippen molar-refractivity contribution in [3.8, 4) is 0 Å². The Kier molecular flexibility index (Phi) is 4.87. The number of carbonyl (C=O) groups is 3. The number of barbiturate groups is 1. The smallest absolute Gasteiger partial charge is 0.277 e. The number of amides is 4. The number of rotatable bonds is 6. The minimum Gasteiger partial charge on any atom is -0.277 e. The summed E-state index contributed by atoms with van der Waals surface area (Å²) in [4.78, 5) is 36.8. The second-order valence-corrected chi connectivity index (χ2v) is 6.50. The van der Waals surface area contributed by atoms with Crippen LogP contribution in [0.4, 0.5) is 4.79 Å². The summed E-state index contributed by atoms with van der Waals surface area (Å²) < 4.78 is 24.1. The molecule has 114 valence electrons. The number of imide groups is 2. The fraction of sp³-hybridized carbons (Fsp3) is 0.727. The van der Waals surface area contributed by atoms with E-state index in [1.807, 2.05) is 0 Å². The average molecular weight is 305 g/mol. The van der Waals surface area contributed by atoms with Crippen LogP contribution in [-0.2, 0) is 19.6 Å². The first-order valence-electron chi connectivity index (χ1n) is 6.30. The fourth-order valence-corrected chi connectivity index (χ4v) is 2.61. The van der Waals surface area contributed by atoms with Gasteiger partial charge in [-0.1, -0.05) is 13.8 Å². The Labute approximate surface area is 117 Å². The SMILES string of the molecule is CCC1(CC)C(=O)NC(=O)N(CCNS(C)(=O)=O)C1=O. The van der Waals surface area contributed by atoms with Crippen molar-refractivity contribution in [3.63, 3.8) is 0 Å². The maximum atomic E-state index is 12.4. The van der Waals surface area contributed by atoms with Crippen LogP contribution in [0.5, 0.6) is 0 Å². The first kappa shape index (κ1) is 16.6. The van der Waals surface area contributed by atoms with Crippen molar-refractivity contribution in [1.29, 1.82) is 0 Å². The van der Waals surface area contributed by atoms with Gasteiger partial charge in [0.25, 0.3) is 0 Å². The van der Waals surface area contributed by atoms with Gasteiger partial charge >= 0.3 is 6.03 Å². The number of hydrogen-bond donors (Lipinski definition) is 2. The number of nitrogens with one attached hydrogen (secondary N) is 2. The molecule has 1 aliphatic heterocycles. The van der Waals surface area contributed by atoms with Gasteiger partial charge in [0, 0.05) is 13.1 Å². The lowest BCUT2D eigenvalue weighted by molar-refractivity contribution is -0.152. The summed E-state index contributed by atoms with van der Waals surface area (Å²) >= 11 is 0. The highest BCUT2D eigenvalue weighted by Gasteiger charge is 2.51. The Balaban J connectivity index is 2.88. The number of urea groups is 1. The Morgan fingerprint density at radius 3 is 2.20 bits per heavy atom. The summed E-state index contributed by atoms with van der Waals surface area (Å²) in [6, 6.07) is -0.812. The molecule has 1 rings (SSSR count). The number of sulfonamides is 1. The third kappa shape index (κ3) is 3.15. The van der Waals surface area contributed by atoms with E-state index in [9.17, 15) is 22.8 Å². The van der Waals surface area contributed by atoms with Crippen molar-refractivity contribution in [2.45, 2.75) is 26.7 Å². The lowest BCUT2D eigenvalue weighted by atomic mass is 9.78. The predicted molar refractivity (Wildman–Crippen MR) is 71.1 cm³/mol. The molecule has 20 heavy (non-hydrogen) atoms. The number of nitrogens with zero attached hydrogens (tertiary/aromatic N) is 1. The molecule has 0 aromatic rings. The van der Waals surface area contributed by atoms with Crippen LogP contribution in [0, 0.1) is 5.41 Å². The van der Waals surface area contributed by atoms with Gasteiger partial charge in [-0.15, -0.1) is 0 Å². The Morgan fingerprint density at radius 2 is 1.75 bits per heavy atom. The highest BCUT2D eigenvalue weighted by Crippen LogP contribution is 2.32. The van der Waals surface area contributed by atoms with Crippen LogP contribution in [0.2, 0.25) is 0 Å². The zero-order valence-electron chi connectivity index (χ0n) is 11.7. The Morgan fingerprint density at radius 1 is 1.20 bits per heavy atom. The van der Waals surface area contributed by atoms with Crippen molar-refractivity contribution in [2.75, 3.05) is 19.3 Å². The quantitative estimate of drug-likeness (QED) is 0.638. The van der Waals surface area contributed by atoms with Crippen LogP contribution in [0.3, 0.4) is 0 Å². The third-order valence-electron chi connectivity index (χ3n) is 3.46. The van der Waals surface area contributed by atoms with Crippen LogP contribution in [0.1, 0.15) is 26.7 Å². The summed E-state index contributed by atoms with van der Waals surface area (Å²) in [7, 11) is -3.40. The molecule has 2 N–H and O–H groups in total. The molecule has 0 spiro atoms. The summed E-state index contributed by atoms with van der Waals surface area (Å²) in [5.41, 5.74) is -1.25. The molecule has 4 amide bonds. The van der Waals surface area contributed by atoms with E-state index in [4.69, 9.17) is 0 Å². The molecule has 1 aliphatic rings. The van der Waals surface area contributed by atoms with Crippen LogP contribution < -0.4 is 10.0 Å². The lowest BCUT2D eigenvalue weighted by Crippen LogP contribution is -2.64. The van der Waals surface area contributed by atoms with Gasteiger partial charge in [-0.3, -0.25) is 19.8 Å². The normalized spacial score (nSPS) is 19.1. The predicted octanol–water partition coefficient (Wildman–Crippen LogP) is -0.580. The fourth-order valence-electron chi connectivity index (χ4n) is 2.15. The summed E-state index contributed by atoms with van der Waals surface area (Å²) in [5.74, 6) is -1.17. The molecule has 0 radical (unpaired) electrons. The van der Waals surface area contributed by atoms with Crippen molar-refractivity contribution in [1.82, 2.24) is 14.9 Å². The number of hydrogen-bond acceptors (Lipinski definition) is 5.